The van der Waals surface area contributed by atoms with Crippen molar-refractivity contribution in [3.63, 3.8) is 0 Å². The molecule has 1 amide bonds. The molecule has 4 rings (SSSR count). The number of aliphatic hydroxyl groups excluding tert-OH is 1. The van der Waals surface area contributed by atoms with E-state index in [1.165, 1.54) is 17.0 Å². The van der Waals surface area contributed by atoms with Crippen molar-refractivity contribution in [1.82, 2.24) is 9.80 Å². The van der Waals surface area contributed by atoms with Crippen molar-refractivity contribution in [2.45, 2.75) is 31.9 Å². The summed E-state index contributed by atoms with van der Waals surface area (Å²) in [7, 11) is 0. The van der Waals surface area contributed by atoms with E-state index in [0.29, 0.717) is 37.7 Å². The maximum Gasteiger partial charge on any atom is 0.237 e. The fraction of sp³-hybridized carbons (Fsp3) is 0.393. The number of benzene rings is 2. The summed E-state index contributed by atoms with van der Waals surface area (Å²) in [6, 6.07) is 17.2. The van der Waals surface area contributed by atoms with E-state index in [2.05, 4.69) is 18.4 Å². The number of aliphatic hydroxyl groups is 1. The molecule has 1 aliphatic rings. The van der Waals surface area contributed by atoms with Crippen molar-refractivity contribution < 1.29 is 23.8 Å². The van der Waals surface area contributed by atoms with Crippen LogP contribution in [0, 0.1) is 5.82 Å². The van der Waals surface area contributed by atoms with Gasteiger partial charge < -0.3 is 19.5 Å². The van der Waals surface area contributed by atoms with Crippen LogP contribution in [0.25, 0.3) is 0 Å². The summed E-state index contributed by atoms with van der Waals surface area (Å²) in [5.41, 5.74) is 1.11. The molecule has 1 N–H and O–H groups in total. The Bertz CT molecular complexity index is 1090. The first-order chi connectivity index (χ1) is 17.5. The Kier molecular flexibility index (Phi) is 9.33. The minimum absolute atomic E-state index is 0.00387. The van der Waals surface area contributed by atoms with Gasteiger partial charge in [0, 0.05) is 18.0 Å². The van der Waals surface area contributed by atoms with Crippen LogP contribution >= 0.6 is 11.3 Å². The molecular weight excluding hydrogens is 479 g/mol. The number of fused-ring (bicyclic) bond motifs is 1. The fourth-order valence-electron chi connectivity index (χ4n) is 4.47. The zero-order chi connectivity index (χ0) is 25.3. The lowest BCUT2D eigenvalue weighted by Gasteiger charge is -2.37. The zero-order valence-corrected chi connectivity index (χ0v) is 21.3. The number of amides is 1. The standard InChI is InChI=1S/C28H33FN2O4S/c1-2-14-30(17-22(32)19-34-23-6-4-3-5-7-23)18-28(33)31-15-12-27-25(13-16-36-27)26(31)20-35-24-10-8-21(29)9-11-24/h3-11,13,16,22,26,32H,2,12,14-15,17-20H2,1H3/t22-,26-/m0/s1. The van der Waals surface area contributed by atoms with Gasteiger partial charge >= 0.3 is 0 Å². The molecule has 0 spiro atoms. The second-order valence-corrected chi connectivity index (χ2v) is 9.93. The summed E-state index contributed by atoms with van der Waals surface area (Å²) in [5.74, 6) is 0.965. The average molecular weight is 513 g/mol. The summed E-state index contributed by atoms with van der Waals surface area (Å²) >= 11 is 1.70. The number of carbonyl (C=O) groups is 1. The highest BCUT2D eigenvalue weighted by atomic mass is 32.1. The van der Waals surface area contributed by atoms with E-state index in [4.69, 9.17) is 9.47 Å². The van der Waals surface area contributed by atoms with Crippen LogP contribution in [-0.4, -0.2) is 66.3 Å². The number of para-hydroxylation sites is 1. The largest absolute Gasteiger partial charge is 0.491 e. The predicted octanol–water partition coefficient (Wildman–Crippen LogP) is 4.54. The van der Waals surface area contributed by atoms with Crippen LogP contribution in [-0.2, 0) is 11.2 Å². The topological polar surface area (TPSA) is 62.2 Å². The van der Waals surface area contributed by atoms with Crippen LogP contribution in [0.15, 0.2) is 66.0 Å². The third-order valence-corrected chi connectivity index (χ3v) is 7.19. The number of hydrogen-bond acceptors (Lipinski definition) is 6. The van der Waals surface area contributed by atoms with Gasteiger partial charge in [0.1, 0.15) is 36.6 Å². The molecule has 2 atom stereocenters. The number of carbonyl (C=O) groups excluding carboxylic acids is 1. The van der Waals surface area contributed by atoms with Crippen LogP contribution in [0.2, 0.25) is 0 Å². The third kappa shape index (κ3) is 7.06. The van der Waals surface area contributed by atoms with Crippen LogP contribution in [0.3, 0.4) is 0 Å². The zero-order valence-electron chi connectivity index (χ0n) is 20.5. The Labute approximate surface area is 215 Å². The van der Waals surface area contributed by atoms with Gasteiger partial charge in [-0.25, -0.2) is 4.39 Å². The Morgan fingerprint density at radius 3 is 2.64 bits per heavy atom. The van der Waals surface area contributed by atoms with Gasteiger partial charge in [-0.05, 0) is 72.8 Å². The monoisotopic (exact) mass is 512 g/mol. The average Bonchev–Trinajstić information content (AvgIpc) is 3.37. The molecule has 0 saturated heterocycles. The normalized spacial score (nSPS) is 16.0. The molecule has 2 heterocycles. The molecule has 0 saturated carbocycles. The van der Waals surface area contributed by atoms with Crippen LogP contribution in [0.1, 0.15) is 29.8 Å². The van der Waals surface area contributed by atoms with Gasteiger partial charge in [-0.15, -0.1) is 11.3 Å². The Morgan fingerprint density at radius 2 is 1.89 bits per heavy atom. The van der Waals surface area contributed by atoms with Crippen molar-refractivity contribution in [3.05, 3.63) is 82.3 Å². The minimum Gasteiger partial charge on any atom is -0.491 e. The highest BCUT2D eigenvalue weighted by Gasteiger charge is 2.33. The summed E-state index contributed by atoms with van der Waals surface area (Å²) in [6.45, 7) is 4.38. The second kappa shape index (κ2) is 12.9. The summed E-state index contributed by atoms with van der Waals surface area (Å²) < 4.78 is 24.9. The molecule has 0 fully saturated rings. The molecule has 3 aromatic rings. The Balaban J connectivity index is 1.38. The van der Waals surface area contributed by atoms with Gasteiger partial charge in [-0.1, -0.05) is 25.1 Å². The van der Waals surface area contributed by atoms with Gasteiger partial charge in [0.2, 0.25) is 5.91 Å². The van der Waals surface area contributed by atoms with Gasteiger partial charge in [-0.3, -0.25) is 9.69 Å². The maximum atomic E-state index is 13.5. The number of thiophene rings is 1. The number of rotatable bonds is 12. The van der Waals surface area contributed by atoms with Crippen molar-refractivity contribution in [1.29, 1.82) is 0 Å². The van der Waals surface area contributed by atoms with E-state index in [1.54, 1.807) is 23.5 Å². The van der Waals surface area contributed by atoms with Gasteiger partial charge in [0.15, 0.2) is 0 Å². The number of nitrogens with zero attached hydrogens (tertiary/aromatic N) is 2. The Morgan fingerprint density at radius 1 is 1.14 bits per heavy atom. The van der Waals surface area contributed by atoms with Crippen molar-refractivity contribution in [2.75, 3.05) is 39.4 Å². The lowest BCUT2D eigenvalue weighted by molar-refractivity contribution is -0.136. The molecule has 6 nitrogen and oxygen atoms in total. The molecule has 1 aromatic heterocycles. The number of halogens is 1. The summed E-state index contributed by atoms with van der Waals surface area (Å²) in [4.78, 5) is 18.7. The van der Waals surface area contributed by atoms with E-state index in [-0.39, 0.29) is 30.9 Å². The first kappa shape index (κ1) is 26.1. The van der Waals surface area contributed by atoms with E-state index >= 15 is 0 Å². The fourth-order valence-corrected chi connectivity index (χ4v) is 5.40. The highest BCUT2D eigenvalue weighted by Crippen LogP contribution is 2.34. The molecule has 1 aliphatic heterocycles. The highest BCUT2D eigenvalue weighted by molar-refractivity contribution is 7.10. The van der Waals surface area contributed by atoms with Gasteiger partial charge in [0.05, 0.1) is 12.6 Å². The Hall–Kier alpha value is -2.94. The van der Waals surface area contributed by atoms with Crippen LogP contribution < -0.4 is 9.47 Å². The number of hydrogen-bond donors (Lipinski definition) is 1. The van der Waals surface area contributed by atoms with E-state index in [9.17, 15) is 14.3 Å². The maximum absolute atomic E-state index is 13.5. The van der Waals surface area contributed by atoms with E-state index < -0.39 is 6.10 Å². The van der Waals surface area contributed by atoms with E-state index in [1.807, 2.05) is 40.1 Å². The third-order valence-electron chi connectivity index (χ3n) is 6.19. The molecule has 36 heavy (non-hydrogen) atoms. The van der Waals surface area contributed by atoms with Crippen LogP contribution in [0.4, 0.5) is 4.39 Å². The second-order valence-electron chi connectivity index (χ2n) is 8.93. The molecular formula is C28H33FN2O4S. The summed E-state index contributed by atoms with van der Waals surface area (Å²) in [6.07, 6.45) is 0.963. The molecule has 192 valence electrons. The SMILES string of the molecule is CCCN(CC(=O)N1CCc2sccc2[C@@H]1COc1ccc(F)cc1)C[C@H](O)COc1ccccc1. The molecule has 2 aromatic carbocycles. The van der Waals surface area contributed by atoms with Crippen LogP contribution in [0.5, 0.6) is 11.5 Å². The van der Waals surface area contributed by atoms with E-state index in [0.717, 1.165) is 18.4 Å². The predicted molar refractivity (Wildman–Crippen MR) is 139 cm³/mol. The lowest BCUT2D eigenvalue weighted by atomic mass is 10.0. The first-order valence-electron chi connectivity index (χ1n) is 12.4. The molecule has 0 unspecified atom stereocenters. The number of ether oxygens (including phenoxy) is 2. The molecule has 8 heteroatoms. The molecule has 0 bridgehead atoms. The van der Waals surface area contributed by atoms with Gasteiger partial charge in [0.25, 0.3) is 0 Å². The van der Waals surface area contributed by atoms with Gasteiger partial charge in [-0.2, -0.15) is 0 Å². The van der Waals surface area contributed by atoms with Crippen molar-refractivity contribution in [2.24, 2.45) is 0 Å². The minimum atomic E-state index is -0.716. The lowest BCUT2D eigenvalue weighted by Crippen LogP contribution is -2.48. The molecule has 0 radical (unpaired) electrons. The first-order valence-corrected chi connectivity index (χ1v) is 13.2. The van der Waals surface area contributed by atoms with Crippen molar-refractivity contribution >= 4 is 17.2 Å². The smallest absolute Gasteiger partial charge is 0.237 e. The van der Waals surface area contributed by atoms with Crippen molar-refractivity contribution in [3.8, 4) is 11.5 Å². The quantitative estimate of drug-likeness (QED) is 0.386. The molecule has 0 aliphatic carbocycles. The summed E-state index contributed by atoms with van der Waals surface area (Å²) in [5, 5.41) is 12.6.